The van der Waals surface area contributed by atoms with Gasteiger partial charge in [-0.25, -0.2) is 9.97 Å². The highest BCUT2D eigenvalue weighted by molar-refractivity contribution is 6.88. The smallest absolute Gasteiger partial charge is 0.229 e. The molecule has 1 aliphatic rings. The van der Waals surface area contributed by atoms with Crippen LogP contribution in [0.15, 0.2) is 47.1 Å². The Balaban J connectivity index is 1.99. The molecule has 2 aromatic carbocycles. The van der Waals surface area contributed by atoms with Gasteiger partial charge in [-0.3, -0.25) is 0 Å². The number of furan rings is 1. The summed E-state index contributed by atoms with van der Waals surface area (Å²) < 4.78 is 6.35. The standard InChI is InChI=1S/C22H22N2OSi/c1-22(2)16-11-14-9-7-6-8-13(14)10-15(16)19-17-18(22)21(26(3,4)5)25-20(17)24-12-23-19/h6-12H,1-5H3. The van der Waals surface area contributed by atoms with E-state index in [0.717, 1.165) is 22.2 Å². The lowest BCUT2D eigenvalue weighted by atomic mass is 9.71. The summed E-state index contributed by atoms with van der Waals surface area (Å²) in [6.45, 7) is 11.6. The fourth-order valence-corrected chi connectivity index (χ4v) is 5.94. The monoisotopic (exact) mass is 358 g/mol. The molecule has 0 amide bonds. The number of hydrogen-bond acceptors (Lipinski definition) is 3. The van der Waals surface area contributed by atoms with Crippen molar-refractivity contribution >= 4 is 35.3 Å². The number of hydrogen-bond donors (Lipinski definition) is 0. The van der Waals surface area contributed by atoms with Crippen molar-refractivity contribution in [3.05, 3.63) is 53.9 Å². The fourth-order valence-electron chi connectivity index (χ4n) is 4.35. The number of fused-ring (bicyclic) bond motifs is 3. The minimum absolute atomic E-state index is 0.141. The fraction of sp³-hybridized carbons (Fsp3) is 0.273. The molecule has 0 atom stereocenters. The Morgan fingerprint density at radius 3 is 2.35 bits per heavy atom. The first-order chi connectivity index (χ1) is 12.3. The molecule has 0 unspecified atom stereocenters. The van der Waals surface area contributed by atoms with E-state index in [1.165, 1.54) is 27.5 Å². The van der Waals surface area contributed by atoms with Crippen LogP contribution in [0.4, 0.5) is 0 Å². The zero-order valence-corrected chi connectivity index (χ0v) is 16.8. The number of nitrogens with zero attached hydrogens (tertiary/aromatic N) is 2. The topological polar surface area (TPSA) is 38.9 Å². The highest BCUT2D eigenvalue weighted by Crippen LogP contribution is 2.48. The predicted octanol–water partition coefficient (Wildman–Crippen LogP) is 5.23. The summed E-state index contributed by atoms with van der Waals surface area (Å²) in [6, 6.07) is 13.2. The summed E-state index contributed by atoms with van der Waals surface area (Å²) >= 11 is 0. The third kappa shape index (κ3) is 1.93. The molecule has 1 aliphatic carbocycles. The van der Waals surface area contributed by atoms with Crippen LogP contribution in [0.1, 0.15) is 25.0 Å². The van der Waals surface area contributed by atoms with Gasteiger partial charge in [0, 0.05) is 16.5 Å². The van der Waals surface area contributed by atoms with Crippen LogP contribution in [-0.4, -0.2) is 18.0 Å². The maximum Gasteiger partial charge on any atom is 0.229 e. The Hall–Kier alpha value is -2.46. The zero-order valence-electron chi connectivity index (χ0n) is 15.8. The summed E-state index contributed by atoms with van der Waals surface area (Å²) in [7, 11) is -1.67. The van der Waals surface area contributed by atoms with Gasteiger partial charge in [0.15, 0.2) is 0 Å². The molecule has 3 nitrogen and oxygen atoms in total. The van der Waals surface area contributed by atoms with Gasteiger partial charge in [0.25, 0.3) is 0 Å². The molecule has 4 heteroatoms. The minimum Gasteiger partial charge on any atom is -0.448 e. The first-order valence-electron chi connectivity index (χ1n) is 9.10. The van der Waals surface area contributed by atoms with Gasteiger partial charge in [-0.05, 0) is 28.5 Å². The van der Waals surface area contributed by atoms with E-state index in [2.05, 4.69) is 74.9 Å². The minimum atomic E-state index is -1.67. The maximum absolute atomic E-state index is 6.35. The third-order valence-electron chi connectivity index (χ3n) is 5.61. The van der Waals surface area contributed by atoms with Gasteiger partial charge in [-0.1, -0.05) is 57.8 Å². The van der Waals surface area contributed by atoms with E-state index >= 15 is 0 Å². The van der Waals surface area contributed by atoms with E-state index in [4.69, 9.17) is 9.40 Å². The molecule has 2 aromatic heterocycles. The highest BCUT2D eigenvalue weighted by atomic mass is 28.3. The molecule has 0 radical (unpaired) electrons. The van der Waals surface area contributed by atoms with Crippen LogP contribution in [0.25, 0.3) is 33.1 Å². The van der Waals surface area contributed by atoms with E-state index in [9.17, 15) is 0 Å². The molecular weight excluding hydrogens is 336 g/mol. The summed E-state index contributed by atoms with van der Waals surface area (Å²) in [4.78, 5) is 9.15. The normalized spacial score (nSPS) is 15.4. The van der Waals surface area contributed by atoms with Crippen LogP contribution < -0.4 is 5.38 Å². The van der Waals surface area contributed by atoms with Crippen LogP contribution in [0, 0.1) is 0 Å². The molecular formula is C22H22N2OSi. The van der Waals surface area contributed by atoms with E-state index in [0.29, 0.717) is 0 Å². The van der Waals surface area contributed by atoms with Crippen molar-refractivity contribution in [3.63, 3.8) is 0 Å². The summed E-state index contributed by atoms with van der Waals surface area (Å²) in [6.07, 6.45) is 1.64. The molecule has 0 N–H and O–H groups in total. The lowest BCUT2D eigenvalue weighted by Crippen LogP contribution is -2.43. The first-order valence-corrected chi connectivity index (χ1v) is 12.6. The Morgan fingerprint density at radius 2 is 1.65 bits per heavy atom. The second-order valence-corrected chi connectivity index (χ2v) is 13.8. The van der Waals surface area contributed by atoms with Gasteiger partial charge in [-0.2, -0.15) is 0 Å². The molecule has 26 heavy (non-hydrogen) atoms. The lowest BCUT2D eigenvalue weighted by Gasteiger charge is -2.34. The van der Waals surface area contributed by atoms with E-state index in [1.807, 2.05) is 0 Å². The summed E-state index contributed by atoms with van der Waals surface area (Å²) in [5, 5.41) is 4.77. The molecule has 4 aromatic rings. The van der Waals surface area contributed by atoms with Crippen LogP contribution in [0.2, 0.25) is 19.6 Å². The molecule has 0 bridgehead atoms. The summed E-state index contributed by atoms with van der Waals surface area (Å²) in [5.74, 6) is 0. The number of benzene rings is 2. The largest absolute Gasteiger partial charge is 0.448 e. The summed E-state index contributed by atoms with van der Waals surface area (Å²) in [5.41, 5.74) is 5.43. The van der Waals surface area contributed by atoms with E-state index in [1.54, 1.807) is 6.33 Å². The molecule has 0 spiro atoms. The molecule has 0 saturated carbocycles. The van der Waals surface area contributed by atoms with Crippen molar-refractivity contribution in [2.24, 2.45) is 0 Å². The Bertz CT molecular complexity index is 1200. The van der Waals surface area contributed by atoms with Crippen LogP contribution >= 0.6 is 0 Å². The number of aromatic nitrogens is 2. The van der Waals surface area contributed by atoms with Crippen molar-refractivity contribution in [1.29, 1.82) is 0 Å². The second kappa shape index (κ2) is 4.83. The van der Waals surface area contributed by atoms with Crippen molar-refractivity contribution in [1.82, 2.24) is 9.97 Å². The SMILES string of the molecule is CC1(C)c2cc3ccccc3cc2-c2ncnc3oc([Si](C)(C)C)c1c23. The van der Waals surface area contributed by atoms with Gasteiger partial charge in [0.05, 0.1) is 16.5 Å². The second-order valence-electron chi connectivity index (χ2n) is 8.83. The molecule has 5 rings (SSSR count). The van der Waals surface area contributed by atoms with Crippen molar-refractivity contribution in [3.8, 4) is 11.3 Å². The molecule has 0 saturated heterocycles. The molecule has 0 aliphatic heterocycles. The zero-order chi connectivity index (χ0) is 18.3. The van der Waals surface area contributed by atoms with Gasteiger partial charge in [-0.15, -0.1) is 0 Å². The van der Waals surface area contributed by atoms with Crippen molar-refractivity contribution in [2.45, 2.75) is 38.9 Å². The predicted molar refractivity (Wildman–Crippen MR) is 110 cm³/mol. The van der Waals surface area contributed by atoms with Gasteiger partial charge < -0.3 is 4.42 Å². The first kappa shape index (κ1) is 15.8. The van der Waals surface area contributed by atoms with Gasteiger partial charge in [0.1, 0.15) is 14.4 Å². The van der Waals surface area contributed by atoms with Crippen LogP contribution in [-0.2, 0) is 5.41 Å². The lowest BCUT2D eigenvalue weighted by molar-refractivity contribution is 0.603. The number of rotatable bonds is 1. The highest BCUT2D eigenvalue weighted by Gasteiger charge is 2.42. The average Bonchev–Trinajstić information content (AvgIpc) is 3.00. The molecule has 2 heterocycles. The Labute approximate surface area is 154 Å². The molecule has 130 valence electrons. The van der Waals surface area contributed by atoms with Crippen LogP contribution in [0.5, 0.6) is 0 Å². The average molecular weight is 359 g/mol. The Morgan fingerprint density at radius 1 is 0.962 bits per heavy atom. The van der Waals surface area contributed by atoms with E-state index < -0.39 is 8.07 Å². The van der Waals surface area contributed by atoms with Crippen LogP contribution in [0.3, 0.4) is 0 Å². The van der Waals surface area contributed by atoms with Gasteiger partial charge >= 0.3 is 0 Å². The van der Waals surface area contributed by atoms with Crippen molar-refractivity contribution in [2.75, 3.05) is 0 Å². The van der Waals surface area contributed by atoms with Gasteiger partial charge in [0.2, 0.25) is 5.71 Å². The Kier molecular flexibility index (Phi) is 2.93. The van der Waals surface area contributed by atoms with Crippen molar-refractivity contribution < 1.29 is 4.42 Å². The van der Waals surface area contributed by atoms with E-state index in [-0.39, 0.29) is 5.41 Å². The maximum atomic E-state index is 6.35. The third-order valence-corrected chi connectivity index (χ3v) is 7.32. The quantitative estimate of drug-likeness (QED) is 0.438. The molecule has 0 fully saturated rings.